The number of aromatic nitrogens is 1. The molecule has 4 unspecified atom stereocenters. The van der Waals surface area contributed by atoms with E-state index in [1.54, 1.807) is 0 Å². The van der Waals surface area contributed by atoms with Gasteiger partial charge in [-0.2, -0.15) is 0 Å². The summed E-state index contributed by atoms with van der Waals surface area (Å²) in [5.41, 5.74) is 4.53. The van der Waals surface area contributed by atoms with Gasteiger partial charge in [-0.1, -0.05) is 72.2 Å². The molecule has 0 aliphatic heterocycles. The normalized spacial score (nSPS) is 24.9. The SMILES string of the molecule is CC(C)c1cccc2nc(-c3[c-]cccc3)ccc12.CCC1(CC)CCCC2CC(CC)(CC)C(O)C2C1O.[Ir]. The Kier molecular flexibility index (Phi) is 11.6. The number of aliphatic hydroxyl groups is 2. The standard InChI is InChI=1S/C18H16N.C18H34O2.Ir/c1-13(2)15-9-6-10-18-16(15)11-12-17(19-18)14-7-4-3-5-8-14;1-5-17(6-2)11-9-10-13-12-18(7-3,8-4)16(20)14(13)15(17)19;/h3-7,9-13H,1-2H3;13-16,19-20H,5-12H2,1-4H3;/q-1;;. The zero-order chi connectivity index (χ0) is 28.2. The Bertz CT molecular complexity index is 1200. The van der Waals surface area contributed by atoms with Gasteiger partial charge in [-0.15, -0.1) is 35.9 Å². The number of hydrogen-bond acceptors (Lipinski definition) is 3. The average Bonchev–Trinajstić information content (AvgIpc) is 3.17. The molecule has 221 valence electrons. The van der Waals surface area contributed by atoms with Gasteiger partial charge in [0.25, 0.3) is 0 Å². The molecule has 4 heteroatoms. The molecule has 2 N–H and O–H groups in total. The zero-order valence-electron chi connectivity index (χ0n) is 25.4. The van der Waals surface area contributed by atoms with Crippen molar-refractivity contribution in [3.8, 4) is 11.3 Å². The zero-order valence-corrected chi connectivity index (χ0v) is 27.8. The largest absolute Gasteiger partial charge is 0.392 e. The molecule has 3 nitrogen and oxygen atoms in total. The maximum Gasteiger partial charge on any atom is 0.0651 e. The Morgan fingerprint density at radius 1 is 0.875 bits per heavy atom. The maximum atomic E-state index is 11.1. The van der Waals surface area contributed by atoms with Gasteiger partial charge in [0, 0.05) is 31.4 Å². The molecule has 1 radical (unpaired) electrons. The van der Waals surface area contributed by atoms with Crippen molar-refractivity contribution in [3.05, 3.63) is 66.2 Å². The molecular formula is C36H50IrNO2-. The summed E-state index contributed by atoms with van der Waals surface area (Å²) in [6, 6.07) is 21.8. The molecule has 0 saturated heterocycles. The van der Waals surface area contributed by atoms with E-state index in [1.807, 2.05) is 24.3 Å². The van der Waals surface area contributed by atoms with Crippen molar-refractivity contribution in [2.75, 3.05) is 0 Å². The van der Waals surface area contributed by atoms with Crippen LogP contribution >= 0.6 is 0 Å². The van der Waals surface area contributed by atoms with Crippen LogP contribution in [-0.2, 0) is 20.1 Å². The molecule has 3 aromatic rings. The van der Waals surface area contributed by atoms with Crippen molar-refractivity contribution < 1.29 is 30.3 Å². The topological polar surface area (TPSA) is 53.4 Å². The first-order valence-electron chi connectivity index (χ1n) is 15.5. The van der Waals surface area contributed by atoms with Crippen LogP contribution in [0.2, 0.25) is 0 Å². The summed E-state index contributed by atoms with van der Waals surface area (Å²) < 4.78 is 0. The van der Waals surface area contributed by atoms with Crippen LogP contribution in [0, 0.1) is 28.7 Å². The molecule has 2 aliphatic carbocycles. The second-order valence-electron chi connectivity index (χ2n) is 12.5. The Morgan fingerprint density at radius 3 is 2.15 bits per heavy atom. The summed E-state index contributed by atoms with van der Waals surface area (Å²) in [5.74, 6) is 1.15. The summed E-state index contributed by atoms with van der Waals surface area (Å²) in [5, 5.41) is 23.3. The van der Waals surface area contributed by atoms with Crippen LogP contribution in [0.1, 0.15) is 104 Å². The molecule has 2 aromatic carbocycles. The first-order valence-corrected chi connectivity index (χ1v) is 15.5. The van der Waals surface area contributed by atoms with Crippen LogP contribution in [0.25, 0.3) is 22.2 Å². The Hall–Kier alpha value is -1.58. The number of fused-ring (bicyclic) bond motifs is 2. The summed E-state index contributed by atoms with van der Waals surface area (Å²) in [7, 11) is 0. The molecule has 0 spiro atoms. The van der Waals surface area contributed by atoms with Gasteiger partial charge in [-0.25, -0.2) is 0 Å². The fourth-order valence-corrected chi connectivity index (χ4v) is 7.81. The van der Waals surface area contributed by atoms with Crippen LogP contribution in [0.3, 0.4) is 0 Å². The van der Waals surface area contributed by atoms with E-state index in [-0.39, 0.29) is 49.1 Å². The second kappa shape index (κ2) is 14.1. The number of rotatable bonds is 6. The van der Waals surface area contributed by atoms with Gasteiger partial charge in [0.2, 0.25) is 0 Å². The summed E-state index contributed by atoms with van der Waals surface area (Å²) in [6.07, 6.45) is 8.17. The van der Waals surface area contributed by atoms with Crippen LogP contribution in [-0.4, -0.2) is 27.4 Å². The third kappa shape index (κ3) is 6.26. The molecule has 5 rings (SSSR count). The molecule has 0 amide bonds. The van der Waals surface area contributed by atoms with Crippen LogP contribution in [0.4, 0.5) is 0 Å². The predicted octanol–water partition coefficient (Wildman–Crippen LogP) is 8.96. The van der Waals surface area contributed by atoms with Crippen molar-refractivity contribution >= 4 is 10.9 Å². The van der Waals surface area contributed by atoms with E-state index in [2.05, 4.69) is 77.9 Å². The minimum atomic E-state index is -0.319. The van der Waals surface area contributed by atoms with Crippen LogP contribution in [0.15, 0.2) is 54.6 Å². The quantitative estimate of drug-likeness (QED) is 0.250. The monoisotopic (exact) mass is 721 g/mol. The fraction of sp³-hybridized carbons (Fsp3) is 0.583. The molecule has 2 fully saturated rings. The van der Waals surface area contributed by atoms with E-state index in [4.69, 9.17) is 4.98 Å². The third-order valence-corrected chi connectivity index (χ3v) is 10.6. The van der Waals surface area contributed by atoms with Crippen LogP contribution < -0.4 is 0 Å². The first-order chi connectivity index (χ1) is 18.8. The molecule has 1 aromatic heterocycles. The molecule has 0 bridgehead atoms. The molecular weight excluding hydrogens is 671 g/mol. The van der Waals surface area contributed by atoms with E-state index in [0.717, 1.165) is 55.3 Å². The van der Waals surface area contributed by atoms with Crippen molar-refractivity contribution in [1.29, 1.82) is 0 Å². The smallest absolute Gasteiger partial charge is 0.0651 e. The van der Waals surface area contributed by atoms with E-state index >= 15 is 0 Å². The second-order valence-corrected chi connectivity index (χ2v) is 12.5. The minimum absolute atomic E-state index is 0. The fourth-order valence-electron chi connectivity index (χ4n) is 7.81. The van der Waals surface area contributed by atoms with E-state index in [9.17, 15) is 10.2 Å². The number of pyridine rings is 1. The molecule has 40 heavy (non-hydrogen) atoms. The average molecular weight is 721 g/mol. The van der Waals surface area contributed by atoms with Gasteiger partial charge >= 0.3 is 0 Å². The van der Waals surface area contributed by atoms with Crippen molar-refractivity contribution in [2.45, 2.75) is 111 Å². The molecule has 2 aliphatic rings. The van der Waals surface area contributed by atoms with E-state index in [0.29, 0.717) is 11.8 Å². The summed E-state index contributed by atoms with van der Waals surface area (Å²) in [6.45, 7) is 13.3. The number of aliphatic hydroxyl groups excluding tert-OH is 2. The summed E-state index contributed by atoms with van der Waals surface area (Å²) in [4.78, 5) is 4.76. The Morgan fingerprint density at radius 2 is 1.55 bits per heavy atom. The minimum Gasteiger partial charge on any atom is -0.392 e. The third-order valence-electron chi connectivity index (χ3n) is 10.6. The number of benzene rings is 2. The predicted molar refractivity (Wildman–Crippen MR) is 164 cm³/mol. The molecule has 1 heterocycles. The molecule has 2 saturated carbocycles. The van der Waals surface area contributed by atoms with Crippen molar-refractivity contribution in [2.24, 2.45) is 22.7 Å². The van der Waals surface area contributed by atoms with Gasteiger partial charge < -0.3 is 10.2 Å². The Labute approximate surface area is 256 Å². The van der Waals surface area contributed by atoms with Gasteiger partial charge in [0.05, 0.1) is 17.7 Å². The van der Waals surface area contributed by atoms with Gasteiger partial charge in [-0.05, 0) is 84.9 Å². The van der Waals surface area contributed by atoms with Crippen LogP contribution in [0.5, 0.6) is 0 Å². The van der Waals surface area contributed by atoms with E-state index in [1.165, 1.54) is 23.8 Å². The summed E-state index contributed by atoms with van der Waals surface area (Å²) >= 11 is 0. The Balaban J connectivity index is 0.000000215. The molecule has 4 atom stereocenters. The first kappa shape index (κ1) is 32.9. The van der Waals surface area contributed by atoms with Gasteiger partial charge in [0.15, 0.2) is 0 Å². The van der Waals surface area contributed by atoms with Crippen molar-refractivity contribution in [1.82, 2.24) is 4.98 Å². The van der Waals surface area contributed by atoms with Gasteiger partial charge in [-0.3, -0.25) is 4.98 Å². The van der Waals surface area contributed by atoms with Crippen molar-refractivity contribution in [3.63, 3.8) is 0 Å². The van der Waals surface area contributed by atoms with Gasteiger partial charge in [0.1, 0.15) is 0 Å². The number of hydrogen-bond donors (Lipinski definition) is 2. The maximum absolute atomic E-state index is 11.1. The van der Waals surface area contributed by atoms with E-state index < -0.39 is 0 Å². The number of nitrogens with zero attached hydrogens (tertiary/aromatic N) is 1.